The number of likely N-dealkylation sites (tertiary alicyclic amines) is 1. The van der Waals surface area contributed by atoms with Crippen LogP contribution in [0.1, 0.15) is 48.2 Å². The van der Waals surface area contributed by atoms with E-state index in [9.17, 15) is 4.79 Å². The predicted octanol–water partition coefficient (Wildman–Crippen LogP) is 6.01. The van der Waals surface area contributed by atoms with Gasteiger partial charge in [0.25, 0.3) is 5.91 Å². The molecular weight excluding hydrogens is 415 g/mol. The fraction of sp³-hybridized carbons (Fsp3) is 0.480. The van der Waals surface area contributed by atoms with Crippen molar-refractivity contribution < 1.29 is 4.79 Å². The van der Waals surface area contributed by atoms with E-state index in [1.807, 2.05) is 43.3 Å². The number of nitrogens with one attached hydrogen (secondary N) is 1. The molecule has 1 aliphatic heterocycles. The van der Waals surface area contributed by atoms with E-state index in [-0.39, 0.29) is 11.9 Å². The van der Waals surface area contributed by atoms with E-state index in [0.717, 1.165) is 50.0 Å². The predicted molar refractivity (Wildman–Crippen MR) is 127 cm³/mol. The largest absolute Gasteiger partial charge is 0.348 e. The van der Waals surface area contributed by atoms with Crippen molar-refractivity contribution in [3.05, 3.63) is 69.2 Å². The molecule has 30 heavy (non-hydrogen) atoms. The first-order valence-corrected chi connectivity index (χ1v) is 11.6. The van der Waals surface area contributed by atoms with Crippen molar-refractivity contribution in [3.8, 4) is 0 Å². The van der Waals surface area contributed by atoms with Crippen LogP contribution < -0.4 is 5.32 Å². The Balaban J connectivity index is 1.50. The zero-order valence-corrected chi connectivity index (χ0v) is 19.6. The van der Waals surface area contributed by atoms with Crippen LogP contribution in [-0.2, 0) is 6.42 Å². The van der Waals surface area contributed by atoms with Crippen LogP contribution in [-0.4, -0.2) is 36.5 Å². The van der Waals surface area contributed by atoms with Gasteiger partial charge in [0.1, 0.15) is 0 Å². The monoisotopic (exact) mass is 446 g/mol. The van der Waals surface area contributed by atoms with E-state index in [2.05, 4.69) is 30.1 Å². The zero-order chi connectivity index (χ0) is 21.7. The highest BCUT2D eigenvalue weighted by Crippen LogP contribution is 2.27. The lowest BCUT2D eigenvalue weighted by Crippen LogP contribution is -2.48. The standard InChI is InChI=1S/C25H32Cl2N2O/c1-17(2)24(28-25(30)21-7-4-18(3)5-8-21)16-29-12-10-19(11-13-29)14-20-6-9-22(26)23(27)15-20/h4-9,15,17,19,24H,10-14,16H2,1-3H3,(H,28,30)/t24-/m0/s1. The van der Waals surface area contributed by atoms with Crippen molar-refractivity contribution in [2.45, 2.75) is 46.1 Å². The third-order valence-corrected chi connectivity index (χ3v) is 6.84. The Labute approximate surface area is 190 Å². The second-order valence-corrected chi connectivity index (χ2v) is 9.70. The molecular formula is C25H32Cl2N2O. The molecule has 1 aliphatic rings. The van der Waals surface area contributed by atoms with Crippen molar-refractivity contribution in [1.82, 2.24) is 10.2 Å². The van der Waals surface area contributed by atoms with Gasteiger partial charge in [-0.2, -0.15) is 0 Å². The van der Waals surface area contributed by atoms with Crippen LogP contribution >= 0.6 is 23.2 Å². The van der Waals surface area contributed by atoms with Crippen LogP contribution in [0.15, 0.2) is 42.5 Å². The number of halogens is 2. The first-order chi connectivity index (χ1) is 14.3. The molecule has 1 amide bonds. The summed E-state index contributed by atoms with van der Waals surface area (Å²) >= 11 is 12.2. The number of hydrogen-bond donors (Lipinski definition) is 1. The van der Waals surface area contributed by atoms with E-state index >= 15 is 0 Å². The second kappa shape index (κ2) is 10.7. The van der Waals surface area contributed by atoms with Gasteiger partial charge in [-0.05, 0) is 80.9 Å². The summed E-state index contributed by atoms with van der Waals surface area (Å²) in [6.07, 6.45) is 3.37. The summed E-state index contributed by atoms with van der Waals surface area (Å²) in [5, 5.41) is 4.50. The summed E-state index contributed by atoms with van der Waals surface area (Å²) in [5.41, 5.74) is 3.15. The Kier molecular flexibility index (Phi) is 8.21. The Hall–Kier alpha value is -1.55. The molecule has 1 heterocycles. The first kappa shape index (κ1) is 23.1. The lowest BCUT2D eigenvalue weighted by Gasteiger charge is -2.35. The minimum Gasteiger partial charge on any atom is -0.348 e. The van der Waals surface area contributed by atoms with Crippen LogP contribution in [0.2, 0.25) is 10.0 Å². The van der Waals surface area contributed by atoms with Crippen LogP contribution in [0, 0.1) is 18.8 Å². The number of amides is 1. The van der Waals surface area contributed by atoms with E-state index in [0.29, 0.717) is 21.9 Å². The maximum atomic E-state index is 12.7. The lowest BCUT2D eigenvalue weighted by molar-refractivity contribution is 0.0893. The highest BCUT2D eigenvalue weighted by molar-refractivity contribution is 6.42. The highest BCUT2D eigenvalue weighted by Gasteiger charge is 2.24. The van der Waals surface area contributed by atoms with Crippen molar-refractivity contribution in [2.75, 3.05) is 19.6 Å². The zero-order valence-electron chi connectivity index (χ0n) is 18.1. The maximum Gasteiger partial charge on any atom is 0.251 e. The van der Waals surface area contributed by atoms with Gasteiger partial charge in [-0.15, -0.1) is 0 Å². The molecule has 2 aromatic carbocycles. The summed E-state index contributed by atoms with van der Waals surface area (Å²) in [4.78, 5) is 15.2. The van der Waals surface area contributed by atoms with Crippen molar-refractivity contribution in [1.29, 1.82) is 0 Å². The normalized spacial score (nSPS) is 16.6. The molecule has 3 nitrogen and oxygen atoms in total. The molecule has 1 atom stereocenters. The minimum atomic E-state index is 0.0169. The molecule has 3 rings (SSSR count). The Morgan fingerprint density at radius 1 is 1.07 bits per heavy atom. The fourth-order valence-electron chi connectivity index (χ4n) is 4.03. The van der Waals surface area contributed by atoms with Gasteiger partial charge < -0.3 is 10.2 Å². The van der Waals surface area contributed by atoms with Crippen molar-refractivity contribution in [3.63, 3.8) is 0 Å². The first-order valence-electron chi connectivity index (χ1n) is 10.9. The van der Waals surface area contributed by atoms with E-state index in [1.54, 1.807) is 0 Å². The molecule has 2 aromatic rings. The van der Waals surface area contributed by atoms with Gasteiger partial charge in [0.15, 0.2) is 0 Å². The number of rotatable bonds is 7. The number of hydrogen-bond acceptors (Lipinski definition) is 2. The molecule has 1 fully saturated rings. The number of nitrogens with zero attached hydrogens (tertiary/aromatic N) is 1. The Morgan fingerprint density at radius 3 is 2.33 bits per heavy atom. The molecule has 0 saturated carbocycles. The number of benzene rings is 2. The molecule has 1 N–H and O–H groups in total. The van der Waals surface area contributed by atoms with E-state index < -0.39 is 0 Å². The topological polar surface area (TPSA) is 32.3 Å². The fourth-order valence-corrected chi connectivity index (χ4v) is 4.35. The summed E-state index contributed by atoms with van der Waals surface area (Å²) in [7, 11) is 0. The van der Waals surface area contributed by atoms with Gasteiger partial charge in [-0.3, -0.25) is 4.79 Å². The van der Waals surface area contributed by atoms with Crippen molar-refractivity contribution in [2.24, 2.45) is 11.8 Å². The van der Waals surface area contributed by atoms with E-state index in [1.165, 1.54) is 5.56 Å². The molecule has 0 bridgehead atoms. The molecule has 0 radical (unpaired) electrons. The third-order valence-electron chi connectivity index (χ3n) is 6.11. The number of carbonyl (C=O) groups excluding carboxylic acids is 1. The lowest BCUT2D eigenvalue weighted by atomic mass is 9.89. The van der Waals surface area contributed by atoms with Crippen LogP contribution in [0.4, 0.5) is 0 Å². The maximum absolute atomic E-state index is 12.7. The van der Waals surface area contributed by atoms with Gasteiger partial charge in [-0.25, -0.2) is 0 Å². The van der Waals surface area contributed by atoms with Gasteiger partial charge >= 0.3 is 0 Å². The van der Waals surface area contributed by atoms with Gasteiger partial charge in [0, 0.05) is 18.2 Å². The van der Waals surface area contributed by atoms with Gasteiger partial charge in [0.05, 0.1) is 10.0 Å². The molecule has 0 aliphatic carbocycles. The molecule has 0 spiro atoms. The minimum absolute atomic E-state index is 0.0169. The second-order valence-electron chi connectivity index (χ2n) is 8.89. The summed E-state index contributed by atoms with van der Waals surface area (Å²) in [5.74, 6) is 1.06. The van der Waals surface area contributed by atoms with Crippen molar-refractivity contribution >= 4 is 29.1 Å². The Bertz CT molecular complexity index is 843. The summed E-state index contributed by atoms with van der Waals surface area (Å²) in [6, 6.07) is 13.9. The molecule has 162 valence electrons. The molecule has 0 unspecified atom stereocenters. The number of aryl methyl sites for hydroxylation is 1. The highest BCUT2D eigenvalue weighted by atomic mass is 35.5. The average molecular weight is 447 g/mol. The smallest absolute Gasteiger partial charge is 0.251 e. The molecule has 1 saturated heterocycles. The Morgan fingerprint density at radius 2 is 1.73 bits per heavy atom. The summed E-state index contributed by atoms with van der Waals surface area (Å²) in [6.45, 7) is 9.41. The van der Waals surface area contributed by atoms with Crippen LogP contribution in [0.5, 0.6) is 0 Å². The summed E-state index contributed by atoms with van der Waals surface area (Å²) < 4.78 is 0. The molecule has 5 heteroatoms. The molecule has 0 aromatic heterocycles. The quantitative estimate of drug-likeness (QED) is 0.564. The average Bonchev–Trinajstić information content (AvgIpc) is 2.72. The SMILES string of the molecule is Cc1ccc(C(=O)N[C@@H](CN2CCC(Cc3ccc(Cl)c(Cl)c3)CC2)C(C)C)cc1. The van der Waals surface area contributed by atoms with Gasteiger partial charge in [-0.1, -0.05) is 60.8 Å². The third kappa shape index (κ3) is 6.47. The van der Waals surface area contributed by atoms with Gasteiger partial charge in [0.2, 0.25) is 0 Å². The number of carbonyl (C=O) groups is 1. The van der Waals surface area contributed by atoms with E-state index in [4.69, 9.17) is 23.2 Å². The van der Waals surface area contributed by atoms with Crippen LogP contribution in [0.25, 0.3) is 0 Å². The number of piperidine rings is 1. The van der Waals surface area contributed by atoms with Crippen LogP contribution in [0.3, 0.4) is 0 Å².